The SMILES string of the molecule is Cc1cnc(CN(CCc2cnc[nH]2)C2CCCc3cccnc32)c(C)c1. The highest BCUT2D eigenvalue weighted by Crippen LogP contribution is 2.33. The quantitative estimate of drug-likeness (QED) is 0.722. The van der Waals surface area contributed by atoms with Gasteiger partial charge in [0.05, 0.1) is 23.8 Å². The van der Waals surface area contributed by atoms with Gasteiger partial charge in [-0.25, -0.2) is 4.98 Å². The average Bonchev–Trinajstić information content (AvgIpc) is 3.20. The molecular formula is C22H27N5. The van der Waals surface area contributed by atoms with Crippen molar-refractivity contribution in [2.45, 2.75) is 52.1 Å². The summed E-state index contributed by atoms with van der Waals surface area (Å²) in [6.07, 6.45) is 12.0. The number of pyridine rings is 2. The van der Waals surface area contributed by atoms with Crippen molar-refractivity contribution in [1.82, 2.24) is 24.8 Å². The largest absolute Gasteiger partial charge is 0.348 e. The van der Waals surface area contributed by atoms with Crippen molar-refractivity contribution >= 4 is 0 Å². The van der Waals surface area contributed by atoms with Crippen molar-refractivity contribution in [3.63, 3.8) is 0 Å². The second-order valence-electron chi connectivity index (χ2n) is 7.53. The summed E-state index contributed by atoms with van der Waals surface area (Å²) in [6, 6.07) is 6.86. The minimum atomic E-state index is 0.348. The molecule has 4 rings (SSSR count). The van der Waals surface area contributed by atoms with Gasteiger partial charge in [0.25, 0.3) is 0 Å². The molecule has 1 unspecified atom stereocenters. The minimum absolute atomic E-state index is 0.348. The maximum atomic E-state index is 4.76. The summed E-state index contributed by atoms with van der Waals surface area (Å²) in [4.78, 5) is 19.4. The molecule has 0 bridgehead atoms. The van der Waals surface area contributed by atoms with Crippen LogP contribution in [-0.2, 0) is 19.4 Å². The van der Waals surface area contributed by atoms with Crippen LogP contribution in [0.15, 0.2) is 43.1 Å². The summed E-state index contributed by atoms with van der Waals surface area (Å²) in [5.41, 5.74) is 7.45. The van der Waals surface area contributed by atoms with E-state index in [0.717, 1.165) is 38.0 Å². The number of fused-ring (bicyclic) bond motifs is 1. The third kappa shape index (κ3) is 4.08. The Labute approximate surface area is 160 Å². The first-order chi connectivity index (χ1) is 13.2. The van der Waals surface area contributed by atoms with Crippen LogP contribution in [0.5, 0.6) is 0 Å². The first kappa shape index (κ1) is 17.9. The predicted molar refractivity (Wildman–Crippen MR) is 106 cm³/mol. The Hall–Kier alpha value is -2.53. The molecule has 0 saturated heterocycles. The molecule has 1 atom stereocenters. The number of imidazole rings is 1. The summed E-state index contributed by atoms with van der Waals surface area (Å²) < 4.78 is 0. The zero-order valence-corrected chi connectivity index (χ0v) is 16.2. The smallest absolute Gasteiger partial charge is 0.0921 e. The third-order valence-corrected chi connectivity index (χ3v) is 5.51. The van der Waals surface area contributed by atoms with Gasteiger partial charge in [-0.1, -0.05) is 12.1 Å². The van der Waals surface area contributed by atoms with Crippen LogP contribution < -0.4 is 0 Å². The van der Waals surface area contributed by atoms with Crippen LogP contribution in [-0.4, -0.2) is 31.4 Å². The van der Waals surface area contributed by atoms with Crippen molar-refractivity contribution in [3.8, 4) is 0 Å². The lowest BCUT2D eigenvalue weighted by molar-refractivity contribution is 0.165. The average molecular weight is 361 g/mol. The highest BCUT2D eigenvalue weighted by molar-refractivity contribution is 5.27. The third-order valence-electron chi connectivity index (χ3n) is 5.51. The summed E-state index contributed by atoms with van der Waals surface area (Å²) in [7, 11) is 0. The second kappa shape index (κ2) is 8.01. The molecule has 27 heavy (non-hydrogen) atoms. The van der Waals surface area contributed by atoms with Crippen LogP contribution in [0, 0.1) is 13.8 Å². The highest BCUT2D eigenvalue weighted by atomic mass is 15.2. The molecule has 0 radical (unpaired) electrons. The molecule has 5 nitrogen and oxygen atoms in total. The van der Waals surface area contributed by atoms with Crippen LogP contribution in [0.3, 0.4) is 0 Å². The number of aryl methyl sites for hydroxylation is 3. The molecule has 5 heteroatoms. The lowest BCUT2D eigenvalue weighted by Crippen LogP contribution is -2.34. The Bertz CT molecular complexity index is 887. The molecule has 0 amide bonds. The van der Waals surface area contributed by atoms with Gasteiger partial charge < -0.3 is 4.98 Å². The van der Waals surface area contributed by atoms with Gasteiger partial charge in [-0.2, -0.15) is 0 Å². The molecule has 0 fully saturated rings. The number of hydrogen-bond donors (Lipinski definition) is 1. The van der Waals surface area contributed by atoms with Gasteiger partial charge in [0, 0.05) is 43.8 Å². The summed E-state index contributed by atoms with van der Waals surface area (Å²) >= 11 is 0. The molecule has 1 N–H and O–H groups in total. The van der Waals surface area contributed by atoms with Crippen molar-refractivity contribution < 1.29 is 0 Å². The van der Waals surface area contributed by atoms with E-state index in [4.69, 9.17) is 9.97 Å². The van der Waals surface area contributed by atoms with Gasteiger partial charge >= 0.3 is 0 Å². The molecule has 3 heterocycles. The van der Waals surface area contributed by atoms with Crippen molar-refractivity contribution in [3.05, 3.63) is 76.9 Å². The van der Waals surface area contributed by atoms with Crippen LogP contribution >= 0.6 is 0 Å². The number of nitrogens with one attached hydrogen (secondary N) is 1. The van der Waals surface area contributed by atoms with E-state index >= 15 is 0 Å². The van der Waals surface area contributed by atoms with Crippen LogP contribution in [0.4, 0.5) is 0 Å². The lowest BCUT2D eigenvalue weighted by atomic mass is 9.90. The Morgan fingerprint density at radius 1 is 1.22 bits per heavy atom. The lowest BCUT2D eigenvalue weighted by Gasteiger charge is -2.35. The number of rotatable bonds is 6. The zero-order chi connectivity index (χ0) is 18.6. The van der Waals surface area contributed by atoms with Crippen LogP contribution in [0.2, 0.25) is 0 Å². The van der Waals surface area contributed by atoms with Gasteiger partial charge in [-0.3, -0.25) is 14.9 Å². The molecule has 0 saturated carbocycles. The summed E-state index contributed by atoms with van der Waals surface area (Å²) in [6.45, 7) is 6.06. The second-order valence-corrected chi connectivity index (χ2v) is 7.53. The van der Waals surface area contributed by atoms with Crippen molar-refractivity contribution in [2.75, 3.05) is 6.54 Å². The zero-order valence-electron chi connectivity index (χ0n) is 16.2. The fourth-order valence-corrected chi connectivity index (χ4v) is 4.07. The van der Waals surface area contributed by atoms with Crippen molar-refractivity contribution in [2.24, 2.45) is 0 Å². The molecule has 3 aromatic heterocycles. The Balaban J connectivity index is 1.61. The van der Waals surface area contributed by atoms with Crippen LogP contribution in [0.1, 0.15) is 52.7 Å². The van der Waals surface area contributed by atoms with Gasteiger partial charge in [0.2, 0.25) is 0 Å². The molecule has 1 aliphatic carbocycles. The predicted octanol–water partition coefficient (Wildman–Crippen LogP) is 3.94. The van der Waals surface area contributed by atoms with E-state index in [1.165, 1.54) is 34.5 Å². The minimum Gasteiger partial charge on any atom is -0.348 e. The van der Waals surface area contributed by atoms with E-state index in [-0.39, 0.29) is 0 Å². The molecule has 140 valence electrons. The van der Waals surface area contributed by atoms with Gasteiger partial charge in [-0.05, 0) is 55.9 Å². The fraction of sp³-hybridized carbons (Fsp3) is 0.409. The standard InChI is InChI=1S/C22H27N5/c1-16-11-17(2)20(25-12-16)14-27(10-8-19-13-23-15-26-19)21-7-3-5-18-6-4-9-24-22(18)21/h4,6,9,11-13,15,21H,3,5,7-8,10,14H2,1-2H3,(H,23,26). The molecule has 0 spiro atoms. The Morgan fingerprint density at radius 3 is 2.96 bits per heavy atom. The summed E-state index contributed by atoms with van der Waals surface area (Å²) in [5.74, 6) is 0. The van der Waals surface area contributed by atoms with E-state index in [1.54, 1.807) is 6.33 Å². The highest BCUT2D eigenvalue weighted by Gasteiger charge is 2.27. The van der Waals surface area contributed by atoms with Crippen LogP contribution in [0.25, 0.3) is 0 Å². The molecular weight excluding hydrogens is 334 g/mol. The fourth-order valence-electron chi connectivity index (χ4n) is 4.07. The van der Waals surface area contributed by atoms with Crippen molar-refractivity contribution in [1.29, 1.82) is 0 Å². The number of aromatic amines is 1. The maximum absolute atomic E-state index is 4.76. The molecule has 0 aliphatic heterocycles. The monoisotopic (exact) mass is 361 g/mol. The topological polar surface area (TPSA) is 57.7 Å². The van der Waals surface area contributed by atoms with E-state index in [1.807, 2.05) is 18.6 Å². The summed E-state index contributed by atoms with van der Waals surface area (Å²) in [5, 5.41) is 0. The molecule has 1 aliphatic rings. The number of nitrogens with zero attached hydrogens (tertiary/aromatic N) is 4. The Morgan fingerprint density at radius 2 is 2.15 bits per heavy atom. The number of aromatic nitrogens is 4. The Kier molecular flexibility index (Phi) is 5.30. The van der Waals surface area contributed by atoms with E-state index in [0.29, 0.717) is 6.04 Å². The van der Waals surface area contributed by atoms with Gasteiger partial charge in [0.15, 0.2) is 0 Å². The molecule has 3 aromatic rings. The van der Waals surface area contributed by atoms with E-state index < -0.39 is 0 Å². The molecule has 0 aromatic carbocycles. The first-order valence-corrected chi connectivity index (χ1v) is 9.78. The van der Waals surface area contributed by atoms with E-state index in [9.17, 15) is 0 Å². The van der Waals surface area contributed by atoms with Gasteiger partial charge in [-0.15, -0.1) is 0 Å². The maximum Gasteiger partial charge on any atom is 0.0921 e. The first-order valence-electron chi connectivity index (χ1n) is 9.78. The van der Waals surface area contributed by atoms with E-state index in [2.05, 4.69) is 46.9 Å². The van der Waals surface area contributed by atoms with Gasteiger partial charge in [0.1, 0.15) is 0 Å². The normalized spacial score (nSPS) is 16.5. The number of hydrogen-bond acceptors (Lipinski definition) is 4. The number of H-pyrrole nitrogens is 1.